The lowest BCUT2D eigenvalue weighted by Crippen LogP contribution is -1.92. The van der Waals surface area contributed by atoms with Crippen molar-refractivity contribution in [2.75, 3.05) is 6.79 Å². The topological polar surface area (TPSA) is 237 Å². The third-order valence-electron chi connectivity index (χ3n) is 10.2. The zero-order valence-electron chi connectivity index (χ0n) is 102. The fourth-order valence-electron chi connectivity index (χ4n) is 6.22. The van der Waals surface area contributed by atoms with Crippen LogP contribution in [0.25, 0.3) is 32.0 Å². The highest BCUT2D eigenvalue weighted by molar-refractivity contribution is 7.17. The number of benzene rings is 4. The molecule has 0 unspecified atom stereocenters. The molecule has 17 aromatic rings. The molecule has 0 saturated heterocycles. The number of hydrogen-bond donors (Lipinski definition) is 4. The summed E-state index contributed by atoms with van der Waals surface area (Å²) in [6.45, 7) is 106. The first-order chi connectivity index (χ1) is 71.3. The van der Waals surface area contributed by atoms with Crippen molar-refractivity contribution in [3.8, 4) is 11.5 Å². The van der Waals surface area contributed by atoms with Crippen LogP contribution in [-0.2, 0) is 0 Å². The minimum absolute atomic E-state index is 0.360. The highest BCUT2D eigenvalue weighted by atomic mass is 32.1. The van der Waals surface area contributed by atoms with Gasteiger partial charge in [0.25, 0.3) is 0 Å². The Morgan fingerprint density at radius 3 is 0.986 bits per heavy atom. The molecule has 0 radical (unpaired) electrons. The molecule has 14 heterocycles. The van der Waals surface area contributed by atoms with Crippen molar-refractivity contribution in [1.29, 1.82) is 0 Å². The number of thiazole rings is 1. The van der Waals surface area contributed by atoms with Crippen LogP contribution >= 0.6 is 34.0 Å². The van der Waals surface area contributed by atoms with Crippen LogP contribution in [0.5, 0.6) is 11.5 Å². The predicted molar refractivity (Wildman–Crippen MR) is 662 cm³/mol. The van der Waals surface area contributed by atoms with Crippen LogP contribution in [0.15, 0.2) is 367 Å². The largest absolute Gasteiger partial charge is 0.473 e. The summed E-state index contributed by atoms with van der Waals surface area (Å²) in [6, 6.07) is 61.2. The fraction of sp³-hybridized carbons (Fsp3) is 0.443. The molecular weight excluding hydrogens is 1820 g/mol. The number of nitrogens with zero attached hydrogens (tertiary/aromatic N) is 10. The number of fused-ring (bicyclic) bond motifs is 4. The molecule has 0 saturated carbocycles. The Labute approximate surface area is 897 Å². The lowest BCUT2D eigenvalue weighted by atomic mass is 10.2. The van der Waals surface area contributed by atoms with Gasteiger partial charge in [-0.05, 0) is 149 Å². The van der Waals surface area contributed by atoms with Crippen molar-refractivity contribution < 1.29 is 18.3 Å². The Kier molecular flexibility index (Phi) is 306. The Balaban J connectivity index is -0.0000000535. The first kappa shape index (κ1) is 187. The van der Waals surface area contributed by atoms with Gasteiger partial charge >= 0.3 is 0 Å². The summed E-state index contributed by atoms with van der Waals surface area (Å²) in [6.07, 6.45) is 39.2. The van der Waals surface area contributed by atoms with Crippen molar-refractivity contribution in [2.45, 2.75) is 367 Å². The first-order valence-corrected chi connectivity index (χ1v) is 56.4. The van der Waals surface area contributed by atoms with E-state index in [0.29, 0.717) is 6.79 Å². The number of imidazole rings is 1. The van der Waals surface area contributed by atoms with Gasteiger partial charge in [-0.2, -0.15) is 26.6 Å². The van der Waals surface area contributed by atoms with Gasteiger partial charge in [-0.25, -0.2) is 15.0 Å². The standard InChI is InChI=1S/C8H7N.C8H8O2.C8H6O.C8H6S.C5H5N.3C4H4N2.C4H5N.C4H4O.C4H4S.2C3H4N2.C3H3NS.26C2H6/c1-2-4-8-7(3-1)5-6-9-8;1-6-2-3-7-8(4-6)10-5-9-7;2*1-2-4-8-7(3-1)5-6-9-8;1-2-4-6-5-3-1;1-2-6-4-3-5-1;1-2-5-4-6-3-1;1-2-4-6-5-3-1;3*1-2-4-5-3-1;1-2-5-3-4-1;1-2-4-5-3-1;1-2-5-3-4-1;26*1-2/h1-6,9H;2-4H,5H2,1H3;2*1-6H;1-5H;3*1-4H;1-5H;2*1-4H;2*1-3H,(H,4,5);1-3H;26*1-2H3. The molecular formula is C122H224N14O4S3. The number of H-pyrrole nitrogens is 4. The molecule has 0 amide bonds. The van der Waals surface area contributed by atoms with Gasteiger partial charge in [-0.3, -0.25) is 25.0 Å². The average molecular weight is 2050 g/mol. The molecule has 0 bridgehead atoms. The van der Waals surface area contributed by atoms with Gasteiger partial charge in [-0.1, -0.05) is 439 Å². The Morgan fingerprint density at radius 1 is 0.266 bits per heavy atom. The first-order valence-electron chi connectivity index (χ1n) is 53.7. The van der Waals surface area contributed by atoms with E-state index in [1.54, 1.807) is 164 Å². The molecule has 0 aliphatic carbocycles. The fourth-order valence-corrected chi connectivity index (χ4v) is 7.82. The summed E-state index contributed by atoms with van der Waals surface area (Å²) in [7, 11) is 0. The summed E-state index contributed by atoms with van der Waals surface area (Å²) in [5.74, 6) is 1.71. The van der Waals surface area contributed by atoms with Gasteiger partial charge < -0.3 is 33.3 Å². The van der Waals surface area contributed by atoms with E-state index in [-0.39, 0.29) is 0 Å². The van der Waals surface area contributed by atoms with E-state index in [2.05, 4.69) is 129 Å². The third-order valence-corrected chi connectivity index (χ3v) is 12.3. The summed E-state index contributed by atoms with van der Waals surface area (Å²) in [5.41, 5.74) is 5.15. The molecule has 1 aliphatic heterocycles. The lowest BCUT2D eigenvalue weighted by molar-refractivity contribution is 0.174. The SMILES string of the molecule is CC.CC.CC.CC.CC.CC.CC.CC.CC.CC.CC.CC.CC.CC.CC.CC.CC.CC.CC.CC.CC.CC.CC.CC.CC.CC.Cc1ccc2c(c1)OCO2.c1c[nH]cn1.c1cc[nH]c1.c1ccc2[nH]ccc2c1.c1ccc2occc2c1.c1ccc2sccc2c1.c1ccncc1.c1ccnnc1.c1ccoc1.c1ccsc1.c1cn[nH]c1.c1cnccn1.c1cncnc1.c1cscn1. The van der Waals surface area contributed by atoms with Gasteiger partial charge in [0.05, 0.1) is 30.6 Å². The average Bonchev–Trinajstić information content (AvgIpc) is 1.73. The number of furan rings is 2. The van der Waals surface area contributed by atoms with E-state index < -0.39 is 0 Å². The Morgan fingerprint density at radius 2 is 0.699 bits per heavy atom. The van der Waals surface area contributed by atoms with Gasteiger partial charge in [0.2, 0.25) is 6.79 Å². The van der Waals surface area contributed by atoms with E-state index in [1.165, 1.54) is 32.9 Å². The van der Waals surface area contributed by atoms with Crippen LogP contribution in [0.3, 0.4) is 0 Å². The number of thiophene rings is 2. The number of aryl methyl sites for hydroxylation is 1. The highest BCUT2D eigenvalue weighted by Crippen LogP contribution is 2.32. The van der Waals surface area contributed by atoms with Gasteiger partial charge in [0, 0.05) is 133 Å². The maximum atomic E-state index is 5.16. The number of ether oxygens (including phenoxy) is 2. The normalized spacial score (nSPS) is 7.00. The van der Waals surface area contributed by atoms with Crippen LogP contribution in [0.4, 0.5) is 0 Å². The minimum atomic E-state index is 0.360. The van der Waals surface area contributed by atoms with E-state index >= 15 is 0 Å². The number of nitrogens with one attached hydrogen (secondary N) is 4. The summed E-state index contributed by atoms with van der Waals surface area (Å²) < 4.78 is 21.4. The molecule has 18 nitrogen and oxygen atoms in total. The van der Waals surface area contributed by atoms with Gasteiger partial charge in [0.15, 0.2) is 11.5 Å². The van der Waals surface area contributed by atoms with E-state index in [0.717, 1.165) is 22.5 Å². The molecule has 21 heteroatoms. The second-order valence-corrected chi connectivity index (χ2v) is 19.3. The zero-order chi connectivity index (χ0) is 115. The van der Waals surface area contributed by atoms with Gasteiger partial charge in [0.1, 0.15) is 11.9 Å². The lowest BCUT2D eigenvalue weighted by Gasteiger charge is -1.94. The molecule has 13 aromatic heterocycles. The second kappa shape index (κ2) is 235. The Hall–Kier alpha value is -11.8. The summed E-state index contributed by atoms with van der Waals surface area (Å²) in [5, 5.41) is 25.2. The van der Waals surface area contributed by atoms with E-state index in [4.69, 9.17) is 13.9 Å². The van der Waals surface area contributed by atoms with Gasteiger partial charge in [-0.15, -0.1) is 22.7 Å². The van der Waals surface area contributed by atoms with Crippen LogP contribution in [0, 0.1) is 6.92 Å². The van der Waals surface area contributed by atoms with Crippen molar-refractivity contribution in [1.82, 2.24) is 70.2 Å². The zero-order valence-corrected chi connectivity index (χ0v) is 104. The molecule has 18 rings (SSSR count). The van der Waals surface area contributed by atoms with Crippen molar-refractivity contribution >= 4 is 66.0 Å². The van der Waals surface area contributed by atoms with Crippen LogP contribution < -0.4 is 9.47 Å². The van der Waals surface area contributed by atoms with E-state index in [1.807, 2.05) is 535 Å². The van der Waals surface area contributed by atoms with Crippen molar-refractivity contribution in [2.24, 2.45) is 0 Å². The summed E-state index contributed by atoms with van der Waals surface area (Å²) >= 11 is 5.10. The molecule has 0 spiro atoms. The predicted octanol–water partition coefficient (Wildman–Crippen LogP) is 44.4. The number of pyridine rings is 1. The quantitative estimate of drug-likeness (QED) is 0.111. The highest BCUT2D eigenvalue weighted by Gasteiger charge is 2.11. The van der Waals surface area contributed by atoms with Crippen LogP contribution in [0.2, 0.25) is 0 Å². The maximum absolute atomic E-state index is 5.16. The summed E-state index contributed by atoms with van der Waals surface area (Å²) in [4.78, 5) is 34.7. The monoisotopic (exact) mass is 2050 g/mol. The minimum Gasteiger partial charge on any atom is -0.473 e. The van der Waals surface area contributed by atoms with Crippen molar-refractivity contribution in [3.05, 3.63) is 364 Å². The van der Waals surface area contributed by atoms with Crippen LogP contribution in [0.1, 0.15) is 366 Å². The smallest absolute Gasteiger partial charge is 0.231 e. The molecule has 4 aromatic carbocycles. The molecule has 0 fully saturated rings. The molecule has 1 aliphatic rings. The molecule has 4 N–H and O–H groups in total. The maximum Gasteiger partial charge on any atom is 0.231 e. The number of aromatic nitrogens is 14. The Bertz CT molecular complexity index is 3300. The van der Waals surface area contributed by atoms with Crippen molar-refractivity contribution in [3.63, 3.8) is 0 Å². The third kappa shape index (κ3) is 170. The molecule has 143 heavy (non-hydrogen) atoms. The number of aromatic amines is 4. The second-order valence-electron chi connectivity index (χ2n) is 16.7. The van der Waals surface area contributed by atoms with E-state index in [9.17, 15) is 0 Å². The molecule has 824 valence electrons. The van der Waals surface area contributed by atoms with Crippen LogP contribution in [-0.4, -0.2) is 77.0 Å². The molecule has 0 atom stereocenters. The number of hydrogen-bond acceptors (Lipinski definition) is 17. The number of para-hydroxylation sites is 2. The number of rotatable bonds is 0.